The van der Waals surface area contributed by atoms with E-state index in [-0.39, 0.29) is 12.0 Å². The number of aliphatic hydroxyl groups is 1. The molecule has 1 aromatic rings. The molecule has 0 bridgehead atoms. The van der Waals surface area contributed by atoms with Crippen LogP contribution in [0.15, 0.2) is 23.8 Å². The molecule has 0 heterocycles. The quantitative estimate of drug-likeness (QED) is 0.802. The van der Waals surface area contributed by atoms with Crippen LogP contribution in [0, 0.1) is 19.3 Å². The summed E-state index contributed by atoms with van der Waals surface area (Å²) in [4.78, 5) is 0. The Kier molecular flexibility index (Phi) is 3.93. The highest BCUT2D eigenvalue weighted by Crippen LogP contribution is 2.27. The lowest BCUT2D eigenvalue weighted by Gasteiger charge is -2.21. The second kappa shape index (κ2) is 4.84. The fourth-order valence-corrected chi connectivity index (χ4v) is 1.55. The molecule has 0 radical (unpaired) electrons. The van der Waals surface area contributed by atoms with Gasteiger partial charge < -0.3 is 5.11 Å². The van der Waals surface area contributed by atoms with Crippen LogP contribution in [0.1, 0.15) is 37.5 Å². The third-order valence-corrected chi connectivity index (χ3v) is 3.01. The zero-order chi connectivity index (χ0) is 12.3. The first-order chi connectivity index (χ1) is 7.34. The van der Waals surface area contributed by atoms with Gasteiger partial charge in [-0.3, -0.25) is 0 Å². The lowest BCUT2D eigenvalue weighted by Crippen LogP contribution is -2.12. The third kappa shape index (κ3) is 3.21. The minimum atomic E-state index is 0.0214. The van der Waals surface area contributed by atoms with E-state index < -0.39 is 0 Å². The Morgan fingerprint density at radius 3 is 2.25 bits per heavy atom. The molecule has 16 heavy (non-hydrogen) atoms. The minimum absolute atomic E-state index is 0.0214. The fraction of sp³-hybridized carbons (Fsp3) is 0.467. The molecule has 1 nitrogen and oxygen atoms in total. The van der Waals surface area contributed by atoms with Gasteiger partial charge in [0, 0.05) is 0 Å². The van der Waals surface area contributed by atoms with Crippen molar-refractivity contribution in [1.82, 2.24) is 0 Å². The summed E-state index contributed by atoms with van der Waals surface area (Å²) in [5.41, 5.74) is 4.85. The van der Waals surface area contributed by atoms with Crippen molar-refractivity contribution in [2.45, 2.75) is 34.6 Å². The van der Waals surface area contributed by atoms with E-state index in [1.54, 1.807) is 0 Å². The molecule has 0 fully saturated rings. The molecular weight excluding hydrogens is 196 g/mol. The molecule has 0 aliphatic heterocycles. The van der Waals surface area contributed by atoms with Gasteiger partial charge in [-0.05, 0) is 41.5 Å². The van der Waals surface area contributed by atoms with Gasteiger partial charge in [-0.1, -0.05) is 45.0 Å². The van der Waals surface area contributed by atoms with Crippen LogP contribution in [-0.4, -0.2) is 11.7 Å². The smallest absolute Gasteiger partial charge is 0.0650 e. The molecular formula is C15H22O. The number of hydrogen-bond donors (Lipinski definition) is 1. The van der Waals surface area contributed by atoms with Crippen molar-refractivity contribution in [1.29, 1.82) is 0 Å². The first-order valence-electron chi connectivity index (χ1n) is 5.74. The maximum Gasteiger partial charge on any atom is 0.0650 e. The van der Waals surface area contributed by atoms with Crippen LogP contribution in [0.3, 0.4) is 0 Å². The number of rotatable bonds is 2. The van der Waals surface area contributed by atoms with Crippen molar-refractivity contribution < 1.29 is 5.11 Å². The highest BCUT2D eigenvalue weighted by atomic mass is 16.3. The van der Waals surface area contributed by atoms with Gasteiger partial charge in [0.1, 0.15) is 0 Å². The lowest BCUT2D eigenvalue weighted by molar-refractivity contribution is 0.298. The molecule has 1 rings (SSSR count). The Morgan fingerprint density at radius 2 is 1.81 bits per heavy atom. The maximum absolute atomic E-state index is 9.38. The zero-order valence-electron chi connectivity index (χ0n) is 11.0. The molecule has 1 heteroatoms. The van der Waals surface area contributed by atoms with Gasteiger partial charge in [0.05, 0.1) is 6.61 Å². The summed E-state index contributed by atoms with van der Waals surface area (Å²) in [6, 6.07) is 6.39. The molecule has 0 spiro atoms. The summed E-state index contributed by atoms with van der Waals surface area (Å²) >= 11 is 0. The predicted octanol–water partition coefficient (Wildman–Crippen LogP) is 3.73. The third-order valence-electron chi connectivity index (χ3n) is 3.01. The molecule has 0 saturated heterocycles. The summed E-state index contributed by atoms with van der Waals surface area (Å²) in [7, 11) is 0. The summed E-state index contributed by atoms with van der Waals surface area (Å²) in [5.74, 6) is 0. The monoisotopic (exact) mass is 218 g/mol. The Morgan fingerprint density at radius 1 is 1.19 bits per heavy atom. The standard InChI is InChI=1S/C15H22O/c1-11-6-7-13(8-12(11)2)9-14(10-16)15(3,4)5/h6-9,16H,10H2,1-5H3/b14-9+. The van der Waals surface area contributed by atoms with Crippen LogP contribution in [0.2, 0.25) is 0 Å². The van der Waals surface area contributed by atoms with Crippen molar-refractivity contribution in [3.05, 3.63) is 40.5 Å². The predicted molar refractivity (Wildman–Crippen MR) is 70.4 cm³/mol. The fourth-order valence-electron chi connectivity index (χ4n) is 1.55. The molecule has 88 valence electrons. The van der Waals surface area contributed by atoms with Gasteiger partial charge in [-0.15, -0.1) is 0 Å². The molecule has 0 saturated carbocycles. The van der Waals surface area contributed by atoms with Gasteiger partial charge in [0.25, 0.3) is 0 Å². The number of hydrogen-bond acceptors (Lipinski definition) is 1. The molecule has 0 aromatic heterocycles. The van der Waals surface area contributed by atoms with Gasteiger partial charge in [0.15, 0.2) is 0 Å². The van der Waals surface area contributed by atoms with Gasteiger partial charge in [-0.2, -0.15) is 0 Å². The van der Waals surface area contributed by atoms with Crippen molar-refractivity contribution in [3.8, 4) is 0 Å². The molecule has 0 aliphatic carbocycles. The Bertz CT molecular complexity index is 394. The summed E-state index contributed by atoms with van der Waals surface area (Å²) < 4.78 is 0. The topological polar surface area (TPSA) is 20.2 Å². The van der Waals surface area contributed by atoms with Crippen LogP contribution in [0.25, 0.3) is 6.08 Å². The molecule has 0 aliphatic rings. The first-order valence-corrected chi connectivity index (χ1v) is 5.74. The van der Waals surface area contributed by atoms with Gasteiger partial charge >= 0.3 is 0 Å². The molecule has 1 aromatic carbocycles. The second-order valence-corrected chi connectivity index (χ2v) is 5.42. The largest absolute Gasteiger partial charge is 0.392 e. The van der Waals surface area contributed by atoms with Crippen LogP contribution in [0.5, 0.6) is 0 Å². The van der Waals surface area contributed by atoms with Gasteiger partial charge in [-0.25, -0.2) is 0 Å². The van der Waals surface area contributed by atoms with Gasteiger partial charge in [0.2, 0.25) is 0 Å². The average molecular weight is 218 g/mol. The lowest BCUT2D eigenvalue weighted by atomic mass is 9.85. The second-order valence-electron chi connectivity index (χ2n) is 5.42. The van der Waals surface area contributed by atoms with E-state index in [4.69, 9.17) is 0 Å². The van der Waals surface area contributed by atoms with E-state index in [2.05, 4.69) is 58.9 Å². The van der Waals surface area contributed by atoms with Crippen LogP contribution >= 0.6 is 0 Å². The van der Waals surface area contributed by atoms with E-state index >= 15 is 0 Å². The zero-order valence-corrected chi connectivity index (χ0v) is 11.0. The van der Waals surface area contributed by atoms with E-state index in [0.29, 0.717) is 0 Å². The van der Waals surface area contributed by atoms with Crippen molar-refractivity contribution >= 4 is 6.08 Å². The molecule has 1 N–H and O–H groups in total. The van der Waals surface area contributed by atoms with E-state index in [1.165, 1.54) is 16.7 Å². The van der Waals surface area contributed by atoms with Crippen molar-refractivity contribution in [3.63, 3.8) is 0 Å². The minimum Gasteiger partial charge on any atom is -0.392 e. The number of benzene rings is 1. The first kappa shape index (κ1) is 13.0. The van der Waals surface area contributed by atoms with E-state index in [1.807, 2.05) is 0 Å². The Hall–Kier alpha value is -1.08. The van der Waals surface area contributed by atoms with Crippen LogP contribution in [0.4, 0.5) is 0 Å². The summed E-state index contributed by atoms with van der Waals surface area (Å²) in [6.45, 7) is 10.7. The van der Waals surface area contributed by atoms with E-state index in [9.17, 15) is 5.11 Å². The highest BCUT2D eigenvalue weighted by Gasteiger charge is 2.15. The SMILES string of the molecule is Cc1ccc(/C=C(\CO)C(C)(C)C)cc1C. The Labute approximate surface area is 98.8 Å². The van der Waals surface area contributed by atoms with E-state index in [0.717, 1.165) is 5.57 Å². The van der Waals surface area contributed by atoms with Crippen molar-refractivity contribution in [2.24, 2.45) is 5.41 Å². The summed E-state index contributed by atoms with van der Waals surface area (Å²) in [6.07, 6.45) is 2.09. The molecule has 0 amide bonds. The molecule has 0 unspecified atom stereocenters. The maximum atomic E-state index is 9.38. The highest BCUT2D eigenvalue weighted by molar-refractivity contribution is 5.56. The number of aryl methyl sites for hydroxylation is 2. The van der Waals surface area contributed by atoms with Crippen LogP contribution < -0.4 is 0 Å². The number of aliphatic hydroxyl groups excluding tert-OH is 1. The molecule has 0 atom stereocenters. The Balaban J connectivity index is 3.10. The van der Waals surface area contributed by atoms with Crippen molar-refractivity contribution in [2.75, 3.05) is 6.61 Å². The normalized spacial score (nSPS) is 13.0. The average Bonchev–Trinajstić information content (AvgIpc) is 2.18. The summed E-state index contributed by atoms with van der Waals surface area (Å²) in [5, 5.41) is 9.38. The van der Waals surface area contributed by atoms with Crippen LogP contribution in [-0.2, 0) is 0 Å².